The van der Waals surface area contributed by atoms with E-state index in [-0.39, 0.29) is 11.6 Å². The van der Waals surface area contributed by atoms with E-state index in [2.05, 4.69) is 0 Å². The molecule has 4 heteroatoms. The van der Waals surface area contributed by atoms with Crippen molar-refractivity contribution in [3.8, 4) is 0 Å². The van der Waals surface area contributed by atoms with Gasteiger partial charge in [-0.25, -0.2) is 0 Å². The Balaban J connectivity index is 1.70. The van der Waals surface area contributed by atoms with Crippen LogP contribution in [-0.4, -0.2) is 23.6 Å². The van der Waals surface area contributed by atoms with Crippen molar-refractivity contribution in [3.63, 3.8) is 0 Å². The summed E-state index contributed by atoms with van der Waals surface area (Å²) < 4.78 is 5.44. The van der Waals surface area contributed by atoms with E-state index in [1.165, 1.54) is 6.92 Å². The zero-order chi connectivity index (χ0) is 20.6. The SMILES string of the molecule is CC(=O)O[C@@H]1C[C@H]2C(=O)[C@@]3(C)[C@@H](C(=O)[C@@]12C)C3(c1ccccc1)c1ccccc1. The third kappa shape index (κ3) is 1.92. The molecule has 0 unspecified atom stereocenters. The van der Waals surface area contributed by atoms with Gasteiger partial charge in [0.05, 0.1) is 10.8 Å². The molecule has 0 N–H and O–H groups in total. The van der Waals surface area contributed by atoms with Gasteiger partial charge in [0, 0.05) is 24.2 Å². The fourth-order valence-electron chi connectivity index (χ4n) is 6.44. The minimum absolute atomic E-state index is 0.0507. The van der Waals surface area contributed by atoms with Crippen molar-refractivity contribution in [1.29, 1.82) is 0 Å². The molecule has 3 aliphatic rings. The van der Waals surface area contributed by atoms with Crippen LogP contribution in [0.5, 0.6) is 0 Å². The molecule has 5 atom stereocenters. The molecule has 3 aliphatic carbocycles. The summed E-state index contributed by atoms with van der Waals surface area (Å²) in [7, 11) is 0. The van der Waals surface area contributed by atoms with Gasteiger partial charge in [-0.15, -0.1) is 0 Å². The van der Waals surface area contributed by atoms with Crippen molar-refractivity contribution in [1.82, 2.24) is 0 Å². The fourth-order valence-corrected chi connectivity index (χ4v) is 6.44. The minimum atomic E-state index is -0.932. The molecule has 0 spiro atoms. The normalized spacial score (nSPS) is 36.4. The number of rotatable bonds is 3. The third-order valence-corrected chi connectivity index (χ3v) is 7.98. The lowest BCUT2D eigenvalue weighted by molar-refractivity contribution is -0.192. The average Bonchev–Trinajstić information content (AvgIpc) is 3.32. The van der Waals surface area contributed by atoms with Gasteiger partial charge < -0.3 is 4.74 Å². The van der Waals surface area contributed by atoms with Gasteiger partial charge in [0.25, 0.3) is 0 Å². The summed E-state index contributed by atoms with van der Waals surface area (Å²) in [5.74, 6) is -1.08. The second-order valence-corrected chi connectivity index (χ2v) is 9.07. The number of carbonyl (C=O) groups is 3. The number of benzene rings is 2. The smallest absolute Gasteiger partial charge is 0.302 e. The van der Waals surface area contributed by atoms with E-state index in [1.807, 2.05) is 74.5 Å². The summed E-state index contributed by atoms with van der Waals surface area (Å²) in [4.78, 5) is 39.3. The Morgan fingerprint density at radius 3 is 1.90 bits per heavy atom. The van der Waals surface area contributed by atoms with E-state index in [1.54, 1.807) is 0 Å². The second-order valence-electron chi connectivity index (χ2n) is 9.07. The molecule has 148 valence electrons. The largest absolute Gasteiger partial charge is 0.461 e. The van der Waals surface area contributed by atoms with Gasteiger partial charge in [-0.2, -0.15) is 0 Å². The zero-order valence-electron chi connectivity index (χ0n) is 16.8. The molecule has 29 heavy (non-hydrogen) atoms. The van der Waals surface area contributed by atoms with Crippen LogP contribution in [0.25, 0.3) is 0 Å². The van der Waals surface area contributed by atoms with Crippen molar-refractivity contribution < 1.29 is 19.1 Å². The quantitative estimate of drug-likeness (QED) is 0.752. The van der Waals surface area contributed by atoms with Gasteiger partial charge in [0.15, 0.2) is 0 Å². The van der Waals surface area contributed by atoms with Crippen LogP contribution in [-0.2, 0) is 24.5 Å². The van der Waals surface area contributed by atoms with Gasteiger partial charge in [-0.05, 0) is 24.5 Å². The topological polar surface area (TPSA) is 60.4 Å². The molecule has 3 fully saturated rings. The Morgan fingerprint density at radius 2 is 1.41 bits per heavy atom. The maximum Gasteiger partial charge on any atom is 0.302 e. The van der Waals surface area contributed by atoms with E-state index in [0.29, 0.717) is 6.42 Å². The number of ether oxygens (including phenoxy) is 1. The molecule has 0 radical (unpaired) electrons. The van der Waals surface area contributed by atoms with E-state index in [9.17, 15) is 14.4 Å². The molecule has 4 nitrogen and oxygen atoms in total. The average molecular weight is 388 g/mol. The van der Waals surface area contributed by atoms with Crippen LogP contribution < -0.4 is 0 Å². The number of fused-ring (bicyclic) bond motifs is 2. The van der Waals surface area contributed by atoms with Crippen LogP contribution in [0.4, 0.5) is 0 Å². The minimum Gasteiger partial charge on any atom is -0.461 e. The first-order valence-electron chi connectivity index (χ1n) is 10.2. The lowest BCUT2D eigenvalue weighted by Crippen LogP contribution is -2.64. The molecular formula is C25H24O4. The summed E-state index contributed by atoms with van der Waals surface area (Å²) in [6.07, 6.45) is -0.0846. The zero-order valence-corrected chi connectivity index (χ0v) is 16.8. The summed E-state index contributed by atoms with van der Waals surface area (Å²) in [5, 5.41) is 0. The summed E-state index contributed by atoms with van der Waals surface area (Å²) in [5.41, 5.74) is -0.398. The first-order valence-corrected chi connectivity index (χ1v) is 10.2. The molecule has 0 amide bonds. The van der Waals surface area contributed by atoms with E-state index < -0.39 is 40.2 Å². The van der Waals surface area contributed by atoms with Crippen LogP contribution in [0, 0.1) is 22.7 Å². The monoisotopic (exact) mass is 388 g/mol. The number of ketones is 2. The van der Waals surface area contributed by atoms with Crippen molar-refractivity contribution in [2.45, 2.75) is 38.7 Å². The highest BCUT2D eigenvalue weighted by Crippen LogP contribution is 2.80. The second kappa shape index (κ2) is 5.65. The van der Waals surface area contributed by atoms with Gasteiger partial charge >= 0.3 is 5.97 Å². The Morgan fingerprint density at radius 1 is 0.897 bits per heavy atom. The van der Waals surface area contributed by atoms with Gasteiger partial charge in [0.1, 0.15) is 17.7 Å². The van der Waals surface area contributed by atoms with Crippen molar-refractivity contribution in [2.24, 2.45) is 22.7 Å². The van der Waals surface area contributed by atoms with Crippen LogP contribution in [0.2, 0.25) is 0 Å². The van der Waals surface area contributed by atoms with Crippen molar-refractivity contribution in [3.05, 3.63) is 71.8 Å². The first kappa shape index (κ1) is 18.3. The molecule has 5 rings (SSSR count). The molecule has 2 aromatic carbocycles. The summed E-state index contributed by atoms with van der Waals surface area (Å²) in [6.45, 7) is 5.12. The summed E-state index contributed by atoms with van der Waals surface area (Å²) in [6, 6.07) is 19.8. The summed E-state index contributed by atoms with van der Waals surface area (Å²) >= 11 is 0. The first-order chi connectivity index (χ1) is 13.8. The molecule has 2 aromatic rings. The van der Waals surface area contributed by atoms with Crippen molar-refractivity contribution >= 4 is 17.5 Å². The van der Waals surface area contributed by atoms with Crippen LogP contribution in [0.1, 0.15) is 38.3 Å². The lowest BCUT2D eigenvalue weighted by Gasteiger charge is -2.53. The van der Waals surface area contributed by atoms with Crippen molar-refractivity contribution in [2.75, 3.05) is 0 Å². The number of esters is 1. The van der Waals surface area contributed by atoms with E-state index in [0.717, 1.165) is 11.1 Å². The highest BCUT2D eigenvalue weighted by molar-refractivity contribution is 6.13. The molecule has 0 aliphatic heterocycles. The molecule has 3 saturated carbocycles. The molecule has 0 saturated heterocycles. The van der Waals surface area contributed by atoms with Crippen LogP contribution >= 0.6 is 0 Å². The van der Waals surface area contributed by atoms with Gasteiger partial charge in [-0.3, -0.25) is 14.4 Å². The molecule has 0 aromatic heterocycles. The lowest BCUT2D eigenvalue weighted by atomic mass is 9.50. The fraction of sp³-hybridized carbons (Fsp3) is 0.400. The molecular weight excluding hydrogens is 364 g/mol. The maximum atomic E-state index is 13.9. The van der Waals surface area contributed by atoms with Crippen LogP contribution in [0.15, 0.2) is 60.7 Å². The Hall–Kier alpha value is -2.75. The predicted octanol–water partition coefficient (Wildman–Crippen LogP) is 3.72. The van der Waals surface area contributed by atoms with E-state index in [4.69, 9.17) is 4.74 Å². The Bertz CT molecular complexity index is 988. The number of carbonyl (C=O) groups excluding carboxylic acids is 3. The standard InChI is InChI=1S/C25H24O4/c1-15(26)29-19-14-18-21(27)24(3)20(22(28)23(18,19)2)25(24,16-10-6-4-7-11-16)17-12-8-5-9-13-17/h4-13,18-20H,14H2,1-3H3/t18-,19+,20+,23+,24+/m0/s1. The Labute approximate surface area is 170 Å². The van der Waals surface area contributed by atoms with E-state index >= 15 is 0 Å². The molecule has 0 bridgehead atoms. The highest BCUT2D eigenvalue weighted by atomic mass is 16.5. The number of Topliss-reactive ketones (excluding diaryl/α,β-unsaturated/α-hetero) is 2. The highest BCUT2D eigenvalue weighted by Gasteiger charge is 2.88. The number of hydrogen-bond acceptors (Lipinski definition) is 4. The van der Waals surface area contributed by atoms with Gasteiger partial charge in [0.2, 0.25) is 0 Å². The Kier molecular flexibility index (Phi) is 3.57. The predicted molar refractivity (Wildman–Crippen MR) is 107 cm³/mol. The van der Waals surface area contributed by atoms with Gasteiger partial charge in [-0.1, -0.05) is 67.6 Å². The number of hydrogen-bond donors (Lipinski definition) is 0. The van der Waals surface area contributed by atoms with Crippen LogP contribution in [0.3, 0.4) is 0 Å². The third-order valence-electron chi connectivity index (χ3n) is 7.98. The maximum absolute atomic E-state index is 13.9. The molecule has 0 heterocycles.